The number of fused-ring (bicyclic) bond motifs is 1. The zero-order valence-electron chi connectivity index (χ0n) is 13.6. The van der Waals surface area contributed by atoms with Crippen LogP contribution in [0.2, 0.25) is 0 Å². The molecule has 2 aliphatic heterocycles. The summed E-state index contributed by atoms with van der Waals surface area (Å²) in [6, 6.07) is 19.8. The Balaban J connectivity index is 0.00000182. The van der Waals surface area contributed by atoms with E-state index in [-0.39, 0.29) is 23.1 Å². The summed E-state index contributed by atoms with van der Waals surface area (Å²) in [6.45, 7) is 2.59. The zero-order valence-corrected chi connectivity index (χ0v) is 15.3. The molecule has 0 unspecified atom stereocenters. The Bertz CT molecular complexity index is 769. The second-order valence-electron chi connectivity index (χ2n) is 6.15. The van der Waals surface area contributed by atoms with Gasteiger partial charge in [0.25, 0.3) is 5.91 Å². The molecule has 1 amide bonds. The van der Waals surface area contributed by atoms with Crippen LogP contribution >= 0.6 is 24.2 Å². The molecule has 0 aliphatic carbocycles. The summed E-state index contributed by atoms with van der Waals surface area (Å²) in [4.78, 5) is 17.0. The van der Waals surface area contributed by atoms with E-state index in [4.69, 9.17) is 0 Å². The van der Waals surface area contributed by atoms with Crippen molar-refractivity contribution in [2.75, 3.05) is 19.6 Å². The van der Waals surface area contributed by atoms with Crippen LogP contribution in [0.5, 0.6) is 0 Å². The number of nitrogens with one attached hydrogen (secondary N) is 2. The Morgan fingerprint density at radius 1 is 1.12 bits per heavy atom. The fourth-order valence-corrected chi connectivity index (χ4v) is 4.79. The normalized spacial score (nSPS) is 24.6. The van der Waals surface area contributed by atoms with Gasteiger partial charge in [0.2, 0.25) is 0 Å². The number of amides is 1. The summed E-state index contributed by atoms with van der Waals surface area (Å²) in [6.07, 6.45) is 0. The third-order valence-corrected chi connectivity index (χ3v) is 6.19. The molecule has 130 valence electrons. The molecular weight excluding hydrogens is 354 g/mol. The Morgan fingerprint density at radius 2 is 1.80 bits per heavy atom. The summed E-state index contributed by atoms with van der Waals surface area (Å²) in [5.41, 5.74) is 1.95. The number of thioether (sulfide) groups is 1. The number of hydrogen-bond acceptors (Lipinski definition) is 4. The highest BCUT2D eigenvalue weighted by Gasteiger charge is 2.48. The Morgan fingerprint density at radius 3 is 2.52 bits per heavy atom. The van der Waals surface area contributed by atoms with Gasteiger partial charge in [0.05, 0.1) is 4.75 Å². The fraction of sp³-hybridized carbons (Fsp3) is 0.263. The molecule has 0 spiro atoms. The molecule has 0 radical (unpaired) electrons. The van der Waals surface area contributed by atoms with Gasteiger partial charge in [-0.25, -0.2) is 0 Å². The molecule has 1 fully saturated rings. The predicted octanol–water partition coefficient (Wildman–Crippen LogP) is 3.06. The van der Waals surface area contributed by atoms with Crippen LogP contribution < -0.4 is 10.6 Å². The molecule has 4 nitrogen and oxygen atoms in total. The smallest absolute Gasteiger partial charge is 0.257 e. The number of halogens is 1. The number of nitrogens with zero attached hydrogens (tertiary/aromatic N) is 1. The lowest BCUT2D eigenvalue weighted by Crippen LogP contribution is -2.42. The maximum atomic E-state index is 12.4. The highest BCUT2D eigenvalue weighted by molar-refractivity contribution is 8.14. The third kappa shape index (κ3) is 3.45. The lowest BCUT2D eigenvalue weighted by molar-refractivity contribution is 0.0977. The number of benzene rings is 2. The van der Waals surface area contributed by atoms with E-state index in [0.717, 1.165) is 19.6 Å². The SMILES string of the molecule is Cl.O=C(NC1=NC[C@H]2CNC[C@]2(c2ccccc2)S1)c1ccccc1. The van der Waals surface area contributed by atoms with Crippen LogP contribution in [0.4, 0.5) is 0 Å². The molecule has 2 N–H and O–H groups in total. The van der Waals surface area contributed by atoms with Crippen molar-refractivity contribution in [2.45, 2.75) is 4.75 Å². The highest BCUT2D eigenvalue weighted by atomic mass is 35.5. The van der Waals surface area contributed by atoms with Gasteiger partial charge in [-0.15, -0.1) is 12.4 Å². The summed E-state index contributed by atoms with van der Waals surface area (Å²) in [7, 11) is 0. The Hall–Kier alpha value is -1.82. The van der Waals surface area contributed by atoms with Gasteiger partial charge in [0.1, 0.15) is 0 Å². The highest BCUT2D eigenvalue weighted by Crippen LogP contribution is 2.48. The minimum absolute atomic E-state index is 0. The fourth-order valence-electron chi connectivity index (χ4n) is 3.41. The van der Waals surface area contributed by atoms with Gasteiger partial charge in [-0.1, -0.05) is 60.3 Å². The van der Waals surface area contributed by atoms with Crippen LogP contribution in [0.25, 0.3) is 0 Å². The van der Waals surface area contributed by atoms with Crippen LogP contribution in [0.1, 0.15) is 15.9 Å². The van der Waals surface area contributed by atoms with Gasteiger partial charge in [0.15, 0.2) is 5.17 Å². The van der Waals surface area contributed by atoms with E-state index in [1.54, 1.807) is 11.8 Å². The molecule has 2 aromatic rings. The molecule has 2 heterocycles. The van der Waals surface area contributed by atoms with E-state index in [0.29, 0.717) is 16.6 Å². The molecular formula is C19H20ClN3OS. The molecule has 6 heteroatoms. The first kappa shape index (κ1) is 18.0. The van der Waals surface area contributed by atoms with E-state index in [9.17, 15) is 4.79 Å². The first-order chi connectivity index (χ1) is 11.8. The number of carbonyl (C=O) groups is 1. The van der Waals surface area contributed by atoms with Crippen molar-refractivity contribution in [3.63, 3.8) is 0 Å². The summed E-state index contributed by atoms with van der Waals surface area (Å²) < 4.78 is -0.0533. The van der Waals surface area contributed by atoms with Crippen molar-refractivity contribution in [2.24, 2.45) is 10.9 Å². The minimum atomic E-state index is -0.102. The Labute approximate surface area is 157 Å². The largest absolute Gasteiger partial charge is 0.315 e. The van der Waals surface area contributed by atoms with Gasteiger partial charge < -0.3 is 10.6 Å². The molecule has 4 rings (SSSR count). The van der Waals surface area contributed by atoms with Crippen molar-refractivity contribution in [3.05, 3.63) is 71.8 Å². The average molecular weight is 374 g/mol. The van der Waals surface area contributed by atoms with E-state index in [1.165, 1.54) is 5.56 Å². The van der Waals surface area contributed by atoms with Gasteiger partial charge in [-0.3, -0.25) is 9.79 Å². The first-order valence-electron chi connectivity index (χ1n) is 8.14. The van der Waals surface area contributed by atoms with Crippen molar-refractivity contribution in [3.8, 4) is 0 Å². The lowest BCUT2D eigenvalue weighted by atomic mass is 9.87. The topological polar surface area (TPSA) is 53.5 Å². The minimum Gasteiger partial charge on any atom is -0.315 e. The van der Waals surface area contributed by atoms with Crippen LogP contribution in [-0.2, 0) is 4.75 Å². The molecule has 25 heavy (non-hydrogen) atoms. The lowest BCUT2D eigenvalue weighted by Gasteiger charge is -2.37. The van der Waals surface area contributed by atoms with Gasteiger partial charge in [0, 0.05) is 31.1 Å². The second-order valence-corrected chi connectivity index (χ2v) is 7.47. The van der Waals surface area contributed by atoms with Crippen LogP contribution in [0, 0.1) is 5.92 Å². The number of carbonyl (C=O) groups excluding carboxylic acids is 1. The van der Waals surface area contributed by atoms with Crippen molar-refractivity contribution in [1.82, 2.24) is 10.6 Å². The maximum Gasteiger partial charge on any atom is 0.257 e. The number of hydrogen-bond donors (Lipinski definition) is 2. The second kappa shape index (κ2) is 7.60. The molecule has 1 saturated heterocycles. The first-order valence-corrected chi connectivity index (χ1v) is 8.96. The van der Waals surface area contributed by atoms with Crippen LogP contribution in [0.3, 0.4) is 0 Å². The Kier molecular flexibility index (Phi) is 5.47. The molecule has 0 aromatic heterocycles. The maximum absolute atomic E-state index is 12.4. The summed E-state index contributed by atoms with van der Waals surface area (Å²) in [5, 5.41) is 7.21. The number of aliphatic imine (C=N–C) groups is 1. The molecule has 2 aromatic carbocycles. The van der Waals surface area contributed by atoms with E-state index in [2.05, 4.69) is 39.9 Å². The zero-order chi connectivity index (χ0) is 16.4. The standard InChI is InChI=1S/C19H19N3OS.ClH/c23-17(14-7-3-1-4-8-14)22-18-21-12-16-11-20-13-19(16,24-18)15-9-5-2-6-10-15;/h1-10,16,20H,11-13H2,(H,21,22,23);1H/t16-,19-;/m1./s1. The molecule has 2 aliphatic rings. The average Bonchev–Trinajstić information content (AvgIpc) is 3.07. The molecule has 0 bridgehead atoms. The van der Waals surface area contributed by atoms with Crippen LogP contribution in [-0.4, -0.2) is 30.7 Å². The van der Waals surface area contributed by atoms with E-state index < -0.39 is 0 Å². The number of amidine groups is 1. The molecule has 0 saturated carbocycles. The summed E-state index contributed by atoms with van der Waals surface area (Å²) >= 11 is 1.68. The van der Waals surface area contributed by atoms with Crippen molar-refractivity contribution in [1.29, 1.82) is 0 Å². The van der Waals surface area contributed by atoms with Crippen LogP contribution in [0.15, 0.2) is 65.7 Å². The van der Waals surface area contributed by atoms with Crippen molar-refractivity contribution >= 4 is 35.2 Å². The van der Waals surface area contributed by atoms with Crippen molar-refractivity contribution < 1.29 is 4.79 Å². The predicted molar refractivity (Wildman–Crippen MR) is 106 cm³/mol. The molecule has 2 atom stereocenters. The van der Waals surface area contributed by atoms with E-state index in [1.807, 2.05) is 36.4 Å². The van der Waals surface area contributed by atoms with E-state index >= 15 is 0 Å². The third-order valence-electron chi connectivity index (χ3n) is 4.69. The summed E-state index contributed by atoms with van der Waals surface area (Å²) in [5.74, 6) is 0.344. The quantitative estimate of drug-likeness (QED) is 0.850. The monoisotopic (exact) mass is 373 g/mol. The van der Waals surface area contributed by atoms with Gasteiger partial charge in [-0.05, 0) is 17.7 Å². The van der Waals surface area contributed by atoms with Gasteiger partial charge >= 0.3 is 0 Å². The number of rotatable bonds is 2. The van der Waals surface area contributed by atoms with Gasteiger partial charge in [-0.2, -0.15) is 0 Å².